The van der Waals surface area contributed by atoms with Crippen molar-refractivity contribution in [3.05, 3.63) is 93.0 Å². The van der Waals surface area contributed by atoms with E-state index in [0.717, 1.165) is 29.6 Å². The van der Waals surface area contributed by atoms with Gasteiger partial charge >= 0.3 is 11.7 Å². The lowest BCUT2D eigenvalue weighted by molar-refractivity contribution is -0.393. The topological polar surface area (TPSA) is 151 Å². The second-order valence-corrected chi connectivity index (χ2v) is 5.99. The van der Waals surface area contributed by atoms with Gasteiger partial charge in [-0.2, -0.15) is 0 Å². The molecule has 3 rings (SSSR count). The molecule has 152 valence electrons. The second-order valence-electron chi connectivity index (χ2n) is 5.99. The first-order valence-electron chi connectivity index (χ1n) is 8.60. The van der Waals surface area contributed by atoms with Crippen LogP contribution < -0.4 is 21.5 Å². The maximum Gasteiger partial charge on any atom is 0.337 e. The molecule has 0 spiro atoms. The molecule has 0 unspecified atom stereocenters. The number of carbonyl (C=O) groups is 1. The van der Waals surface area contributed by atoms with E-state index < -0.39 is 27.3 Å². The minimum atomic E-state index is -0.784. The number of hydrazine groups is 1. The number of nitro groups is 2. The highest BCUT2D eigenvalue weighted by atomic mass is 16.6. The third-order valence-corrected chi connectivity index (χ3v) is 3.90. The summed E-state index contributed by atoms with van der Waals surface area (Å²) in [6, 6.07) is 18.8. The Balaban J connectivity index is 1.58. The van der Waals surface area contributed by atoms with Gasteiger partial charge in [-0.05, 0) is 42.5 Å². The van der Waals surface area contributed by atoms with Crippen LogP contribution in [0.3, 0.4) is 0 Å². The number of anilines is 4. The van der Waals surface area contributed by atoms with E-state index in [1.165, 1.54) is 0 Å². The number of nitro benzene ring substituents is 2. The van der Waals surface area contributed by atoms with Crippen molar-refractivity contribution >= 4 is 40.2 Å². The predicted molar refractivity (Wildman–Crippen MR) is 112 cm³/mol. The Bertz CT molecular complexity index is 1070. The summed E-state index contributed by atoms with van der Waals surface area (Å²) >= 11 is 0. The lowest BCUT2D eigenvalue weighted by atomic mass is 10.2. The van der Waals surface area contributed by atoms with Gasteiger partial charge in [0.05, 0.1) is 15.9 Å². The highest BCUT2D eigenvalue weighted by Gasteiger charge is 2.19. The molecule has 3 aromatic carbocycles. The summed E-state index contributed by atoms with van der Waals surface area (Å²) in [5.74, 6) is 0. The molecule has 2 amide bonds. The van der Waals surface area contributed by atoms with Crippen LogP contribution in [0.2, 0.25) is 0 Å². The molecule has 0 aliphatic heterocycles. The van der Waals surface area contributed by atoms with E-state index >= 15 is 0 Å². The van der Waals surface area contributed by atoms with Gasteiger partial charge in [0.15, 0.2) is 0 Å². The lowest BCUT2D eigenvalue weighted by Crippen LogP contribution is -2.33. The number of nitrogens with one attached hydrogen (secondary N) is 4. The Morgan fingerprint density at radius 2 is 1.40 bits per heavy atom. The normalized spacial score (nSPS) is 10.0. The van der Waals surface area contributed by atoms with E-state index in [2.05, 4.69) is 21.5 Å². The number of para-hydroxylation sites is 1. The van der Waals surface area contributed by atoms with Crippen molar-refractivity contribution in [3.8, 4) is 0 Å². The van der Waals surface area contributed by atoms with Crippen molar-refractivity contribution in [3.63, 3.8) is 0 Å². The smallest absolute Gasteiger partial charge is 0.337 e. The molecule has 11 heteroatoms. The van der Waals surface area contributed by atoms with E-state index in [1.807, 2.05) is 30.3 Å². The number of nitrogens with zero attached hydrogens (tertiary/aromatic N) is 2. The van der Waals surface area contributed by atoms with Crippen LogP contribution in [-0.4, -0.2) is 15.9 Å². The molecule has 0 aromatic heterocycles. The first-order chi connectivity index (χ1) is 14.4. The first kappa shape index (κ1) is 20.1. The van der Waals surface area contributed by atoms with E-state index in [-0.39, 0.29) is 5.69 Å². The van der Waals surface area contributed by atoms with Crippen LogP contribution in [0.1, 0.15) is 0 Å². The summed E-state index contributed by atoms with van der Waals surface area (Å²) < 4.78 is 0. The molecule has 0 saturated carbocycles. The number of rotatable bonds is 7. The number of non-ortho nitro benzene ring substituents is 1. The number of amides is 2. The summed E-state index contributed by atoms with van der Waals surface area (Å²) in [5, 5.41) is 27.6. The van der Waals surface area contributed by atoms with Gasteiger partial charge in [-0.25, -0.2) is 4.79 Å². The highest BCUT2D eigenvalue weighted by Crippen LogP contribution is 2.28. The average Bonchev–Trinajstić information content (AvgIpc) is 2.74. The molecule has 30 heavy (non-hydrogen) atoms. The fraction of sp³-hybridized carbons (Fsp3) is 0. The van der Waals surface area contributed by atoms with Gasteiger partial charge in [0.1, 0.15) is 5.69 Å². The number of urea groups is 1. The van der Waals surface area contributed by atoms with Crippen molar-refractivity contribution in [1.29, 1.82) is 0 Å². The van der Waals surface area contributed by atoms with Crippen LogP contribution in [0, 0.1) is 20.2 Å². The van der Waals surface area contributed by atoms with E-state index in [4.69, 9.17) is 0 Å². The first-order valence-corrected chi connectivity index (χ1v) is 8.60. The van der Waals surface area contributed by atoms with Crippen LogP contribution >= 0.6 is 0 Å². The number of benzene rings is 3. The summed E-state index contributed by atoms with van der Waals surface area (Å²) in [6.45, 7) is 0. The molecule has 0 atom stereocenters. The Kier molecular flexibility index (Phi) is 6.03. The minimum Gasteiger partial charge on any atom is -0.356 e. The minimum absolute atomic E-state index is 0.0943. The number of carbonyl (C=O) groups excluding carboxylic acids is 1. The average molecular weight is 408 g/mol. The Labute approximate surface area is 170 Å². The number of hydrogen-bond acceptors (Lipinski definition) is 7. The standard InChI is InChI=1S/C19H16N6O5/c26-19(23-22-17-11-10-16(24(27)28)12-18(17)25(29)30)21-15-8-6-14(7-9-15)20-13-4-2-1-3-5-13/h1-12,20,22H,(H2,21,23,26). The van der Waals surface area contributed by atoms with Crippen molar-refractivity contribution in [2.75, 3.05) is 16.1 Å². The monoisotopic (exact) mass is 408 g/mol. The summed E-state index contributed by atoms with van der Waals surface area (Å²) in [7, 11) is 0. The summed E-state index contributed by atoms with van der Waals surface area (Å²) in [4.78, 5) is 32.4. The Hall–Kier alpha value is -4.67. The molecule has 0 heterocycles. The molecule has 0 radical (unpaired) electrons. The van der Waals surface area contributed by atoms with Crippen LogP contribution in [0.15, 0.2) is 72.8 Å². The van der Waals surface area contributed by atoms with Crippen molar-refractivity contribution in [2.45, 2.75) is 0 Å². The third kappa shape index (κ3) is 5.19. The molecule has 0 fully saturated rings. The fourth-order valence-electron chi connectivity index (χ4n) is 2.50. The molecular weight excluding hydrogens is 392 g/mol. The van der Waals surface area contributed by atoms with Crippen molar-refractivity contribution < 1.29 is 14.6 Å². The van der Waals surface area contributed by atoms with E-state index in [1.54, 1.807) is 24.3 Å². The Morgan fingerprint density at radius 1 is 0.767 bits per heavy atom. The lowest BCUT2D eigenvalue weighted by Gasteiger charge is -2.11. The van der Waals surface area contributed by atoms with Gasteiger partial charge in [0.25, 0.3) is 5.69 Å². The molecule has 4 N–H and O–H groups in total. The van der Waals surface area contributed by atoms with E-state index in [9.17, 15) is 25.0 Å². The second kappa shape index (κ2) is 9.01. The SMILES string of the molecule is O=C(NNc1ccc([N+](=O)[O-])cc1[N+](=O)[O-])Nc1ccc(Nc2ccccc2)cc1. The molecule has 0 aliphatic rings. The van der Waals surface area contributed by atoms with Crippen molar-refractivity contribution in [1.82, 2.24) is 5.43 Å². The van der Waals surface area contributed by atoms with Gasteiger partial charge in [-0.3, -0.25) is 31.1 Å². The largest absolute Gasteiger partial charge is 0.356 e. The molecular formula is C19H16N6O5. The molecule has 0 aliphatic carbocycles. The maximum absolute atomic E-state index is 12.0. The van der Waals surface area contributed by atoms with Gasteiger partial charge in [0.2, 0.25) is 0 Å². The van der Waals surface area contributed by atoms with Crippen LogP contribution in [0.5, 0.6) is 0 Å². The van der Waals surface area contributed by atoms with Crippen LogP contribution in [0.25, 0.3) is 0 Å². The number of hydrogen-bond donors (Lipinski definition) is 4. The Morgan fingerprint density at radius 3 is 2.03 bits per heavy atom. The quantitative estimate of drug-likeness (QED) is 0.334. The zero-order chi connectivity index (χ0) is 21.5. The summed E-state index contributed by atoms with van der Waals surface area (Å²) in [6.07, 6.45) is 0. The zero-order valence-corrected chi connectivity index (χ0v) is 15.4. The fourth-order valence-corrected chi connectivity index (χ4v) is 2.50. The molecule has 11 nitrogen and oxygen atoms in total. The van der Waals surface area contributed by atoms with Crippen LogP contribution in [0.4, 0.5) is 38.9 Å². The highest BCUT2D eigenvalue weighted by molar-refractivity contribution is 5.90. The van der Waals surface area contributed by atoms with Gasteiger partial charge in [-0.15, -0.1) is 0 Å². The van der Waals surface area contributed by atoms with Crippen molar-refractivity contribution in [2.24, 2.45) is 0 Å². The van der Waals surface area contributed by atoms with Gasteiger partial charge in [0, 0.05) is 23.1 Å². The molecule has 0 bridgehead atoms. The van der Waals surface area contributed by atoms with Gasteiger partial charge < -0.3 is 10.6 Å². The predicted octanol–water partition coefficient (Wildman–Crippen LogP) is 4.40. The molecule has 3 aromatic rings. The van der Waals surface area contributed by atoms with Gasteiger partial charge in [-0.1, -0.05) is 18.2 Å². The zero-order valence-electron chi connectivity index (χ0n) is 15.4. The van der Waals surface area contributed by atoms with E-state index in [0.29, 0.717) is 5.69 Å². The summed E-state index contributed by atoms with van der Waals surface area (Å²) in [5.41, 5.74) is 5.82. The van der Waals surface area contributed by atoms with Crippen LogP contribution in [-0.2, 0) is 0 Å². The molecule has 0 saturated heterocycles. The maximum atomic E-state index is 12.0. The third-order valence-electron chi connectivity index (χ3n) is 3.90.